The monoisotopic (exact) mass is 359 g/mol. The van der Waals surface area contributed by atoms with Crippen molar-refractivity contribution in [1.29, 1.82) is 0 Å². The van der Waals surface area contributed by atoms with Crippen molar-refractivity contribution in [2.45, 2.75) is 57.9 Å². The van der Waals surface area contributed by atoms with Crippen LogP contribution < -0.4 is 5.32 Å². The molecule has 0 saturated heterocycles. The van der Waals surface area contributed by atoms with Crippen LogP contribution in [0.5, 0.6) is 0 Å². The molecule has 1 atom stereocenters. The molecular weight excluding hydrogens is 336 g/mol. The van der Waals surface area contributed by atoms with E-state index in [0.717, 1.165) is 13.0 Å². The molecule has 4 heteroatoms. The fraction of sp³-hybridized carbons (Fsp3) is 0.647. The summed E-state index contributed by atoms with van der Waals surface area (Å²) in [6.07, 6.45) is 7.55. The highest BCUT2D eigenvalue weighted by molar-refractivity contribution is 9.10. The van der Waals surface area contributed by atoms with Crippen LogP contribution in [0.25, 0.3) is 0 Å². The summed E-state index contributed by atoms with van der Waals surface area (Å²) in [6.45, 7) is 3.02. The van der Waals surface area contributed by atoms with Crippen LogP contribution in [-0.2, 0) is 6.42 Å². The van der Waals surface area contributed by atoms with Gasteiger partial charge >= 0.3 is 0 Å². The Morgan fingerprint density at radius 3 is 2.62 bits per heavy atom. The van der Waals surface area contributed by atoms with Gasteiger partial charge in [-0.25, -0.2) is 8.78 Å². The van der Waals surface area contributed by atoms with Gasteiger partial charge in [-0.3, -0.25) is 0 Å². The predicted molar refractivity (Wildman–Crippen MR) is 86.4 cm³/mol. The lowest BCUT2D eigenvalue weighted by atomic mass is 9.81. The minimum Gasteiger partial charge on any atom is -0.313 e. The zero-order valence-electron chi connectivity index (χ0n) is 12.6. The third-order valence-electron chi connectivity index (χ3n) is 4.44. The van der Waals surface area contributed by atoms with Crippen molar-refractivity contribution in [2.24, 2.45) is 5.92 Å². The zero-order chi connectivity index (χ0) is 15.2. The summed E-state index contributed by atoms with van der Waals surface area (Å²) >= 11 is 3.16. The Balaban J connectivity index is 2.15. The maximum atomic E-state index is 14.2. The fourth-order valence-electron chi connectivity index (χ4n) is 3.25. The first-order valence-corrected chi connectivity index (χ1v) is 8.78. The molecular formula is C17H24BrF2N. The first-order chi connectivity index (χ1) is 10.1. The van der Waals surface area contributed by atoms with Crippen molar-refractivity contribution in [1.82, 2.24) is 5.32 Å². The summed E-state index contributed by atoms with van der Waals surface area (Å²) in [7, 11) is 0. The first kappa shape index (κ1) is 16.9. The molecule has 0 aliphatic heterocycles. The maximum Gasteiger partial charge on any atom is 0.143 e. The molecule has 1 nitrogen and oxygen atoms in total. The Bertz CT molecular complexity index is 458. The molecule has 1 fully saturated rings. The fourth-order valence-corrected chi connectivity index (χ4v) is 3.62. The van der Waals surface area contributed by atoms with Crippen LogP contribution in [0.4, 0.5) is 8.78 Å². The molecule has 0 spiro atoms. The SMILES string of the molecule is CCCNC(Cc1c(F)ccc(Br)c1F)C1CCCCC1. The Morgan fingerprint density at radius 1 is 1.24 bits per heavy atom. The van der Waals surface area contributed by atoms with E-state index in [9.17, 15) is 8.78 Å². The van der Waals surface area contributed by atoms with Crippen LogP contribution in [0.1, 0.15) is 51.0 Å². The van der Waals surface area contributed by atoms with Crippen LogP contribution in [-0.4, -0.2) is 12.6 Å². The molecule has 0 radical (unpaired) electrons. The third-order valence-corrected chi connectivity index (χ3v) is 5.05. The van der Waals surface area contributed by atoms with Gasteiger partial charge in [0, 0.05) is 11.6 Å². The summed E-state index contributed by atoms with van der Waals surface area (Å²) in [6, 6.07) is 2.95. The van der Waals surface area contributed by atoms with Crippen LogP contribution in [0.15, 0.2) is 16.6 Å². The van der Waals surface area contributed by atoms with Gasteiger partial charge in [0.1, 0.15) is 11.6 Å². The molecule has 21 heavy (non-hydrogen) atoms. The van der Waals surface area contributed by atoms with Crippen molar-refractivity contribution in [2.75, 3.05) is 6.54 Å². The highest BCUT2D eigenvalue weighted by Crippen LogP contribution is 2.30. The van der Waals surface area contributed by atoms with E-state index in [2.05, 4.69) is 28.2 Å². The number of halogens is 3. The molecule has 2 rings (SSSR count). The molecule has 0 heterocycles. The zero-order valence-corrected chi connectivity index (χ0v) is 14.2. The Hall–Kier alpha value is -0.480. The van der Waals surface area contributed by atoms with E-state index in [0.29, 0.717) is 16.8 Å². The van der Waals surface area contributed by atoms with E-state index < -0.39 is 11.6 Å². The molecule has 0 amide bonds. The smallest absolute Gasteiger partial charge is 0.143 e. The van der Waals surface area contributed by atoms with Gasteiger partial charge in [-0.15, -0.1) is 0 Å². The quantitative estimate of drug-likeness (QED) is 0.686. The average Bonchev–Trinajstić information content (AvgIpc) is 2.51. The summed E-state index contributed by atoms with van der Waals surface area (Å²) in [5.74, 6) is -0.355. The van der Waals surface area contributed by atoms with E-state index in [1.54, 1.807) is 0 Å². The lowest BCUT2D eigenvalue weighted by Crippen LogP contribution is -2.40. The Morgan fingerprint density at radius 2 is 1.95 bits per heavy atom. The molecule has 1 unspecified atom stereocenters. The normalized spacial score (nSPS) is 17.9. The summed E-state index contributed by atoms with van der Waals surface area (Å²) in [5.41, 5.74) is 0.212. The number of benzene rings is 1. The first-order valence-electron chi connectivity index (χ1n) is 7.99. The molecule has 0 bridgehead atoms. The molecule has 0 aromatic heterocycles. The van der Waals surface area contributed by atoms with E-state index in [1.807, 2.05) is 0 Å². The standard InChI is InChI=1S/C17H24BrF2N/c1-2-10-21-16(12-6-4-3-5-7-12)11-13-15(19)9-8-14(18)17(13)20/h8-9,12,16,21H,2-7,10-11H2,1H3. The predicted octanol–water partition coefficient (Wildman–Crippen LogP) is 5.22. The number of nitrogens with one attached hydrogen (secondary N) is 1. The van der Waals surface area contributed by atoms with E-state index in [-0.39, 0.29) is 11.6 Å². The number of rotatable bonds is 6. The third kappa shape index (κ3) is 4.49. The van der Waals surface area contributed by atoms with Crippen LogP contribution >= 0.6 is 15.9 Å². The number of hydrogen-bond acceptors (Lipinski definition) is 1. The highest BCUT2D eigenvalue weighted by Gasteiger charge is 2.26. The van der Waals surface area contributed by atoms with Crippen molar-refractivity contribution >= 4 is 15.9 Å². The van der Waals surface area contributed by atoms with Gasteiger partial charge in [0.25, 0.3) is 0 Å². The summed E-state index contributed by atoms with van der Waals surface area (Å²) < 4.78 is 28.5. The van der Waals surface area contributed by atoms with Gasteiger partial charge in [0.05, 0.1) is 4.47 Å². The van der Waals surface area contributed by atoms with Gasteiger partial charge in [0.15, 0.2) is 0 Å². The van der Waals surface area contributed by atoms with Crippen LogP contribution in [0, 0.1) is 17.6 Å². The van der Waals surface area contributed by atoms with Crippen molar-refractivity contribution in [3.05, 3.63) is 33.8 Å². The topological polar surface area (TPSA) is 12.0 Å². The van der Waals surface area contributed by atoms with Crippen LogP contribution in [0.3, 0.4) is 0 Å². The lowest BCUT2D eigenvalue weighted by Gasteiger charge is -2.31. The van der Waals surface area contributed by atoms with E-state index >= 15 is 0 Å². The summed E-state index contributed by atoms with van der Waals surface area (Å²) in [5, 5.41) is 3.51. The van der Waals surface area contributed by atoms with Crippen molar-refractivity contribution in [3.63, 3.8) is 0 Å². The van der Waals surface area contributed by atoms with Gasteiger partial charge in [-0.2, -0.15) is 0 Å². The van der Waals surface area contributed by atoms with Gasteiger partial charge in [-0.05, 0) is 66.2 Å². The maximum absolute atomic E-state index is 14.2. The second-order valence-corrected chi connectivity index (χ2v) is 6.84. The van der Waals surface area contributed by atoms with E-state index in [1.165, 1.54) is 44.2 Å². The van der Waals surface area contributed by atoms with Crippen molar-refractivity contribution < 1.29 is 8.78 Å². The molecule has 1 aromatic carbocycles. The minimum atomic E-state index is -0.450. The average molecular weight is 360 g/mol. The largest absolute Gasteiger partial charge is 0.313 e. The van der Waals surface area contributed by atoms with Crippen LogP contribution in [0.2, 0.25) is 0 Å². The molecule has 118 valence electrons. The highest BCUT2D eigenvalue weighted by atomic mass is 79.9. The van der Waals surface area contributed by atoms with Gasteiger partial charge in [0.2, 0.25) is 0 Å². The minimum absolute atomic E-state index is 0.170. The molecule has 1 aliphatic rings. The Labute approximate surface area is 134 Å². The van der Waals surface area contributed by atoms with Crippen molar-refractivity contribution in [3.8, 4) is 0 Å². The molecule has 1 N–H and O–H groups in total. The number of hydrogen-bond donors (Lipinski definition) is 1. The van der Waals surface area contributed by atoms with Gasteiger partial charge in [-0.1, -0.05) is 26.2 Å². The Kier molecular flexibility index (Phi) is 6.62. The second kappa shape index (κ2) is 8.23. The van der Waals surface area contributed by atoms with E-state index in [4.69, 9.17) is 0 Å². The summed E-state index contributed by atoms with van der Waals surface area (Å²) in [4.78, 5) is 0. The second-order valence-electron chi connectivity index (χ2n) is 5.98. The molecule has 1 aliphatic carbocycles. The van der Waals surface area contributed by atoms with Gasteiger partial charge < -0.3 is 5.32 Å². The molecule has 1 saturated carbocycles. The molecule has 1 aromatic rings. The lowest BCUT2D eigenvalue weighted by molar-refractivity contribution is 0.264.